The largest absolute Gasteiger partial charge is 0.453 e. The number of hydrogen-bond acceptors (Lipinski definition) is 3. The summed E-state index contributed by atoms with van der Waals surface area (Å²) in [6, 6.07) is 16.4. The second-order valence-corrected chi connectivity index (χ2v) is 5.55. The third-order valence-electron chi connectivity index (χ3n) is 3.23. The Kier molecular flexibility index (Phi) is 6.18. The van der Waals surface area contributed by atoms with E-state index in [0.29, 0.717) is 17.1 Å². The first kappa shape index (κ1) is 17.0. The third kappa shape index (κ3) is 5.75. The monoisotopic (exact) mass is 331 g/mol. The van der Waals surface area contributed by atoms with Crippen LogP contribution in [0.15, 0.2) is 54.6 Å². The number of amides is 1. The summed E-state index contributed by atoms with van der Waals surface area (Å²) in [5.74, 6) is -0.789. The van der Waals surface area contributed by atoms with Gasteiger partial charge in [0.25, 0.3) is 5.91 Å². The molecular formula is C18H18ClNO3. The van der Waals surface area contributed by atoms with E-state index in [2.05, 4.69) is 5.32 Å². The molecule has 1 atom stereocenters. The zero-order valence-corrected chi connectivity index (χ0v) is 13.5. The molecule has 0 fully saturated rings. The molecule has 0 saturated carbocycles. The maximum Gasteiger partial charge on any atom is 0.306 e. The zero-order chi connectivity index (χ0) is 16.7. The van der Waals surface area contributed by atoms with Crippen molar-refractivity contribution in [3.63, 3.8) is 0 Å². The fourth-order valence-electron chi connectivity index (χ4n) is 2.01. The molecule has 23 heavy (non-hydrogen) atoms. The second kappa shape index (κ2) is 8.34. The van der Waals surface area contributed by atoms with Gasteiger partial charge in [0.1, 0.15) is 0 Å². The number of rotatable bonds is 6. The van der Waals surface area contributed by atoms with Crippen LogP contribution in [0.4, 0.5) is 5.69 Å². The van der Waals surface area contributed by atoms with Crippen molar-refractivity contribution in [3.8, 4) is 0 Å². The first-order valence-corrected chi connectivity index (χ1v) is 7.72. The van der Waals surface area contributed by atoms with Crippen LogP contribution in [0.2, 0.25) is 5.02 Å². The molecule has 120 valence electrons. The summed E-state index contributed by atoms with van der Waals surface area (Å²) >= 11 is 5.86. The predicted molar refractivity (Wildman–Crippen MR) is 90.4 cm³/mol. The van der Waals surface area contributed by atoms with Crippen LogP contribution in [-0.2, 0) is 20.7 Å². The molecule has 1 N–H and O–H groups in total. The second-order valence-electron chi connectivity index (χ2n) is 5.12. The van der Waals surface area contributed by atoms with Crippen molar-refractivity contribution in [1.29, 1.82) is 0 Å². The van der Waals surface area contributed by atoms with Crippen LogP contribution in [0.3, 0.4) is 0 Å². The minimum atomic E-state index is -0.864. The van der Waals surface area contributed by atoms with Crippen molar-refractivity contribution in [2.75, 3.05) is 5.32 Å². The number of carbonyl (C=O) groups is 2. The summed E-state index contributed by atoms with van der Waals surface area (Å²) in [5.41, 5.74) is 1.62. The van der Waals surface area contributed by atoms with Crippen LogP contribution in [0, 0.1) is 0 Å². The van der Waals surface area contributed by atoms with E-state index in [1.54, 1.807) is 31.2 Å². The molecule has 5 heteroatoms. The highest BCUT2D eigenvalue weighted by Gasteiger charge is 2.17. The molecule has 0 aliphatic heterocycles. The van der Waals surface area contributed by atoms with Gasteiger partial charge >= 0.3 is 5.97 Å². The number of carbonyl (C=O) groups excluding carboxylic acids is 2. The predicted octanol–water partition coefficient (Wildman–Crippen LogP) is 3.84. The molecule has 0 aliphatic carbocycles. The van der Waals surface area contributed by atoms with Gasteiger partial charge in [0.2, 0.25) is 0 Å². The summed E-state index contributed by atoms with van der Waals surface area (Å²) in [7, 11) is 0. The summed E-state index contributed by atoms with van der Waals surface area (Å²) in [4.78, 5) is 23.8. The highest BCUT2D eigenvalue weighted by Crippen LogP contribution is 2.15. The highest BCUT2D eigenvalue weighted by molar-refractivity contribution is 6.30. The van der Waals surface area contributed by atoms with Gasteiger partial charge in [-0.25, -0.2) is 0 Å². The van der Waals surface area contributed by atoms with Crippen molar-refractivity contribution in [3.05, 3.63) is 65.2 Å². The maximum absolute atomic E-state index is 12.0. The molecule has 4 nitrogen and oxygen atoms in total. The quantitative estimate of drug-likeness (QED) is 0.818. The molecule has 0 heterocycles. The molecule has 0 saturated heterocycles. The Morgan fingerprint density at radius 1 is 1.13 bits per heavy atom. The minimum absolute atomic E-state index is 0.235. The third-order valence-corrected chi connectivity index (χ3v) is 3.47. The minimum Gasteiger partial charge on any atom is -0.453 e. The van der Waals surface area contributed by atoms with Crippen LogP contribution < -0.4 is 5.32 Å². The van der Waals surface area contributed by atoms with Crippen molar-refractivity contribution >= 4 is 29.2 Å². The Balaban J connectivity index is 1.79. The van der Waals surface area contributed by atoms with Gasteiger partial charge in [0.05, 0.1) is 0 Å². The van der Waals surface area contributed by atoms with Crippen molar-refractivity contribution < 1.29 is 14.3 Å². The average molecular weight is 332 g/mol. The van der Waals surface area contributed by atoms with Gasteiger partial charge in [-0.3, -0.25) is 9.59 Å². The number of aryl methyl sites for hydroxylation is 1. The lowest BCUT2D eigenvalue weighted by atomic mass is 10.1. The Morgan fingerprint density at radius 2 is 1.87 bits per heavy atom. The molecule has 0 radical (unpaired) electrons. The smallest absolute Gasteiger partial charge is 0.306 e. The molecule has 2 aromatic carbocycles. The molecule has 0 aliphatic rings. The standard InChI is InChI=1S/C18H18ClNO3/c1-13(18(22)20-16-9-5-8-15(19)12-16)23-17(21)11-10-14-6-3-2-4-7-14/h2-9,12-13H,10-11H2,1H3,(H,20,22)/t13-/m1/s1. The number of anilines is 1. The van der Waals surface area contributed by atoms with Gasteiger partial charge in [-0.05, 0) is 37.1 Å². The fourth-order valence-corrected chi connectivity index (χ4v) is 2.20. The molecule has 0 spiro atoms. The Hall–Kier alpha value is -2.33. The first-order chi connectivity index (χ1) is 11.0. The Morgan fingerprint density at radius 3 is 2.57 bits per heavy atom. The maximum atomic E-state index is 12.0. The molecule has 1 amide bonds. The van der Waals surface area contributed by atoms with E-state index in [1.807, 2.05) is 30.3 Å². The number of ether oxygens (including phenoxy) is 1. The van der Waals surface area contributed by atoms with E-state index in [1.165, 1.54) is 0 Å². The molecule has 0 aromatic heterocycles. The van der Waals surface area contributed by atoms with Crippen molar-refractivity contribution in [1.82, 2.24) is 0 Å². The van der Waals surface area contributed by atoms with Gasteiger partial charge in [0.15, 0.2) is 6.10 Å². The molecule has 0 unspecified atom stereocenters. The fraction of sp³-hybridized carbons (Fsp3) is 0.222. The summed E-state index contributed by atoms with van der Waals surface area (Å²) < 4.78 is 5.15. The Labute approximate surface area is 140 Å². The molecule has 0 bridgehead atoms. The Bertz CT molecular complexity index is 673. The zero-order valence-electron chi connectivity index (χ0n) is 12.8. The number of halogens is 1. The topological polar surface area (TPSA) is 55.4 Å². The van der Waals surface area contributed by atoms with Crippen molar-refractivity contribution in [2.24, 2.45) is 0 Å². The van der Waals surface area contributed by atoms with E-state index in [-0.39, 0.29) is 12.3 Å². The van der Waals surface area contributed by atoms with E-state index < -0.39 is 12.1 Å². The molecule has 2 rings (SSSR count). The summed E-state index contributed by atoms with van der Waals surface area (Å²) in [6.45, 7) is 1.54. The summed E-state index contributed by atoms with van der Waals surface area (Å²) in [5, 5.41) is 3.18. The number of benzene rings is 2. The highest BCUT2D eigenvalue weighted by atomic mass is 35.5. The van der Waals surface area contributed by atoms with Gasteiger partial charge in [-0.2, -0.15) is 0 Å². The lowest BCUT2D eigenvalue weighted by molar-refractivity contribution is -0.153. The SMILES string of the molecule is C[C@@H](OC(=O)CCc1ccccc1)C(=O)Nc1cccc(Cl)c1. The number of esters is 1. The molecule has 2 aromatic rings. The first-order valence-electron chi connectivity index (χ1n) is 7.34. The van der Waals surface area contributed by atoms with Gasteiger partial charge < -0.3 is 10.1 Å². The van der Waals surface area contributed by atoms with Gasteiger partial charge in [-0.1, -0.05) is 48.0 Å². The lowest BCUT2D eigenvalue weighted by Gasteiger charge is -2.13. The molecular weight excluding hydrogens is 314 g/mol. The summed E-state index contributed by atoms with van der Waals surface area (Å²) in [6.07, 6.45) is -0.0431. The average Bonchev–Trinajstić information content (AvgIpc) is 2.54. The lowest BCUT2D eigenvalue weighted by Crippen LogP contribution is -2.30. The van der Waals surface area contributed by atoms with Crippen molar-refractivity contribution in [2.45, 2.75) is 25.9 Å². The van der Waals surface area contributed by atoms with Gasteiger partial charge in [0, 0.05) is 17.1 Å². The van der Waals surface area contributed by atoms with E-state index >= 15 is 0 Å². The normalized spacial score (nSPS) is 11.6. The van der Waals surface area contributed by atoms with E-state index in [4.69, 9.17) is 16.3 Å². The van der Waals surface area contributed by atoms with Crippen LogP contribution in [-0.4, -0.2) is 18.0 Å². The van der Waals surface area contributed by atoms with Crippen LogP contribution in [0.1, 0.15) is 18.9 Å². The van der Waals surface area contributed by atoms with E-state index in [0.717, 1.165) is 5.56 Å². The van der Waals surface area contributed by atoms with Crippen LogP contribution in [0.5, 0.6) is 0 Å². The number of nitrogens with one attached hydrogen (secondary N) is 1. The van der Waals surface area contributed by atoms with Gasteiger partial charge in [-0.15, -0.1) is 0 Å². The number of hydrogen-bond donors (Lipinski definition) is 1. The van der Waals surface area contributed by atoms with E-state index in [9.17, 15) is 9.59 Å². The van der Waals surface area contributed by atoms with Crippen LogP contribution in [0.25, 0.3) is 0 Å². The van der Waals surface area contributed by atoms with Crippen LogP contribution >= 0.6 is 11.6 Å².